The lowest BCUT2D eigenvalue weighted by atomic mass is 10.00. The maximum atomic E-state index is 11.4. The Hall–Kier alpha value is -1.59. The lowest BCUT2D eigenvalue weighted by molar-refractivity contribution is -0.384. The average molecular weight is 323 g/mol. The number of benzene rings is 1. The van der Waals surface area contributed by atoms with Gasteiger partial charge in [-0.05, 0) is 42.0 Å². The van der Waals surface area contributed by atoms with Crippen molar-refractivity contribution in [1.29, 1.82) is 0 Å². The van der Waals surface area contributed by atoms with Gasteiger partial charge in [0.05, 0.1) is 11.0 Å². The number of nitro groups is 1. The van der Waals surface area contributed by atoms with E-state index in [9.17, 15) is 10.1 Å². The molecule has 0 N–H and O–H groups in total. The van der Waals surface area contributed by atoms with Crippen molar-refractivity contribution in [2.75, 3.05) is 11.4 Å². The summed E-state index contributed by atoms with van der Waals surface area (Å²) >= 11 is 7.55. The highest BCUT2D eigenvalue weighted by Gasteiger charge is 2.29. The molecule has 0 saturated heterocycles. The van der Waals surface area contributed by atoms with E-state index in [1.165, 1.54) is 10.4 Å². The van der Waals surface area contributed by atoms with Gasteiger partial charge in [-0.1, -0.05) is 6.07 Å². The highest BCUT2D eigenvalue weighted by atomic mass is 35.5. The maximum Gasteiger partial charge on any atom is 0.292 e. The van der Waals surface area contributed by atoms with Gasteiger partial charge in [-0.15, -0.1) is 22.9 Å². The van der Waals surface area contributed by atoms with Crippen molar-refractivity contribution >= 4 is 34.3 Å². The van der Waals surface area contributed by atoms with Crippen molar-refractivity contribution in [3.63, 3.8) is 0 Å². The molecule has 3 rings (SSSR count). The first-order chi connectivity index (χ1) is 10.1. The molecular formula is C15H15ClN2O2S. The number of halogens is 1. The van der Waals surface area contributed by atoms with Crippen LogP contribution in [0.2, 0.25) is 0 Å². The molecule has 1 aliphatic rings. The fraction of sp³-hybridized carbons (Fsp3) is 0.333. The molecule has 1 aromatic heterocycles. The van der Waals surface area contributed by atoms with Gasteiger partial charge in [0.1, 0.15) is 5.69 Å². The normalized spacial score (nSPS) is 17.6. The molecule has 0 aliphatic carbocycles. The number of hydrogen-bond donors (Lipinski definition) is 0. The van der Waals surface area contributed by atoms with Crippen LogP contribution in [0.3, 0.4) is 0 Å². The van der Waals surface area contributed by atoms with Crippen molar-refractivity contribution in [1.82, 2.24) is 0 Å². The smallest absolute Gasteiger partial charge is 0.292 e. The first kappa shape index (κ1) is 14.4. The Bertz CT molecular complexity index is 686. The molecule has 0 bridgehead atoms. The van der Waals surface area contributed by atoms with Gasteiger partial charge in [0.25, 0.3) is 5.69 Å². The maximum absolute atomic E-state index is 11.4. The SMILES string of the molecule is CC1c2ccsc2CCN1c1ccc(CCl)cc1[N+](=O)[O-]. The van der Waals surface area contributed by atoms with E-state index in [0.29, 0.717) is 5.69 Å². The predicted molar refractivity (Wildman–Crippen MR) is 86.4 cm³/mol. The van der Waals surface area contributed by atoms with Crippen LogP contribution in [0.4, 0.5) is 11.4 Å². The number of alkyl halides is 1. The second-order valence-corrected chi connectivity index (χ2v) is 6.40. The molecule has 0 saturated carbocycles. The highest BCUT2D eigenvalue weighted by molar-refractivity contribution is 7.10. The molecule has 21 heavy (non-hydrogen) atoms. The molecule has 1 atom stereocenters. The van der Waals surface area contributed by atoms with E-state index >= 15 is 0 Å². The molecule has 0 amide bonds. The van der Waals surface area contributed by atoms with Crippen LogP contribution < -0.4 is 4.90 Å². The summed E-state index contributed by atoms with van der Waals surface area (Å²) in [5.74, 6) is 0.283. The van der Waals surface area contributed by atoms with Gasteiger partial charge >= 0.3 is 0 Å². The van der Waals surface area contributed by atoms with Crippen LogP contribution in [0.25, 0.3) is 0 Å². The molecule has 0 fully saturated rings. The van der Waals surface area contributed by atoms with Crippen LogP contribution in [-0.2, 0) is 12.3 Å². The van der Waals surface area contributed by atoms with Gasteiger partial charge in [0, 0.05) is 23.4 Å². The standard InChI is InChI=1S/C15H15ClN2O2S/c1-10-12-5-7-21-15(12)4-6-17(10)13-3-2-11(9-16)8-14(13)18(19)20/h2-3,5,7-8,10H,4,6,9H2,1H3. The van der Waals surface area contributed by atoms with Crippen LogP contribution in [0.15, 0.2) is 29.6 Å². The summed E-state index contributed by atoms with van der Waals surface area (Å²) in [5, 5.41) is 13.5. The first-order valence-electron chi connectivity index (χ1n) is 6.78. The van der Waals surface area contributed by atoms with Gasteiger partial charge in [-0.2, -0.15) is 0 Å². The largest absolute Gasteiger partial charge is 0.359 e. The molecule has 4 nitrogen and oxygen atoms in total. The van der Waals surface area contributed by atoms with Crippen molar-refractivity contribution in [3.8, 4) is 0 Å². The lowest BCUT2D eigenvalue weighted by Gasteiger charge is -2.35. The summed E-state index contributed by atoms with van der Waals surface area (Å²) in [4.78, 5) is 14.6. The molecule has 1 aromatic carbocycles. The third-order valence-corrected chi connectivity index (χ3v) is 5.28. The summed E-state index contributed by atoms with van der Waals surface area (Å²) in [6.07, 6.45) is 0.936. The second-order valence-electron chi connectivity index (χ2n) is 5.13. The van der Waals surface area contributed by atoms with Crippen LogP contribution >= 0.6 is 22.9 Å². The summed E-state index contributed by atoms with van der Waals surface area (Å²) in [7, 11) is 0. The highest BCUT2D eigenvalue weighted by Crippen LogP contribution is 2.40. The van der Waals surface area contributed by atoms with Crippen molar-refractivity contribution in [2.45, 2.75) is 25.3 Å². The number of hydrogen-bond acceptors (Lipinski definition) is 4. The Morgan fingerprint density at radius 3 is 3.00 bits per heavy atom. The van der Waals surface area contributed by atoms with Gasteiger partial charge in [-0.25, -0.2) is 0 Å². The van der Waals surface area contributed by atoms with Crippen molar-refractivity contribution in [2.24, 2.45) is 0 Å². The van der Waals surface area contributed by atoms with Gasteiger partial charge in [-0.3, -0.25) is 10.1 Å². The third-order valence-electron chi connectivity index (χ3n) is 3.98. The molecule has 6 heteroatoms. The average Bonchev–Trinajstić information content (AvgIpc) is 2.96. The number of thiophene rings is 1. The summed E-state index contributed by atoms with van der Waals surface area (Å²) < 4.78 is 0. The molecule has 0 radical (unpaired) electrons. The zero-order valence-corrected chi connectivity index (χ0v) is 13.2. The molecule has 110 valence electrons. The summed E-state index contributed by atoms with van der Waals surface area (Å²) in [5.41, 5.74) is 2.87. The molecule has 0 spiro atoms. The lowest BCUT2D eigenvalue weighted by Crippen LogP contribution is -2.33. The van der Waals surface area contributed by atoms with E-state index in [2.05, 4.69) is 23.3 Å². The fourth-order valence-electron chi connectivity index (χ4n) is 2.88. The quantitative estimate of drug-likeness (QED) is 0.474. The topological polar surface area (TPSA) is 46.4 Å². The number of anilines is 1. The number of nitro benzene ring substituents is 1. The minimum atomic E-state index is -0.318. The van der Waals surface area contributed by atoms with E-state index < -0.39 is 0 Å². The molecule has 2 heterocycles. The van der Waals surface area contributed by atoms with E-state index in [-0.39, 0.29) is 22.5 Å². The fourth-order valence-corrected chi connectivity index (χ4v) is 4.01. The third kappa shape index (κ3) is 2.51. The van der Waals surface area contributed by atoms with E-state index in [1.54, 1.807) is 17.4 Å². The number of rotatable bonds is 3. The number of fused-ring (bicyclic) bond motifs is 1. The Morgan fingerprint density at radius 1 is 1.48 bits per heavy atom. The molecule has 2 aromatic rings. The Balaban J connectivity index is 2.03. The van der Waals surface area contributed by atoms with Crippen LogP contribution in [-0.4, -0.2) is 11.5 Å². The van der Waals surface area contributed by atoms with E-state index in [4.69, 9.17) is 11.6 Å². The van der Waals surface area contributed by atoms with Gasteiger partial charge in [0.2, 0.25) is 0 Å². The molecule has 1 aliphatic heterocycles. The second kappa shape index (κ2) is 5.66. The zero-order valence-electron chi connectivity index (χ0n) is 11.6. The molecule has 1 unspecified atom stereocenters. The van der Waals surface area contributed by atoms with Gasteiger partial charge < -0.3 is 4.90 Å². The summed E-state index contributed by atoms with van der Waals surface area (Å²) in [6, 6.07) is 7.55. The Labute approximate surface area is 132 Å². The van der Waals surface area contributed by atoms with Crippen LogP contribution in [0, 0.1) is 10.1 Å². The number of nitrogens with zero attached hydrogens (tertiary/aromatic N) is 2. The van der Waals surface area contributed by atoms with Gasteiger partial charge in [0.15, 0.2) is 0 Å². The zero-order chi connectivity index (χ0) is 15.0. The Morgan fingerprint density at radius 2 is 2.29 bits per heavy atom. The first-order valence-corrected chi connectivity index (χ1v) is 8.19. The van der Waals surface area contributed by atoms with Crippen LogP contribution in [0.5, 0.6) is 0 Å². The van der Waals surface area contributed by atoms with E-state index in [0.717, 1.165) is 18.5 Å². The predicted octanol–water partition coefficient (Wildman–Crippen LogP) is 4.52. The minimum absolute atomic E-state index is 0.138. The summed E-state index contributed by atoms with van der Waals surface area (Å²) in [6.45, 7) is 2.90. The Kier molecular flexibility index (Phi) is 3.87. The van der Waals surface area contributed by atoms with Crippen molar-refractivity contribution < 1.29 is 4.92 Å². The van der Waals surface area contributed by atoms with Crippen molar-refractivity contribution in [3.05, 3.63) is 55.8 Å². The van der Waals surface area contributed by atoms with E-state index in [1.807, 2.05) is 12.1 Å². The molecular weight excluding hydrogens is 308 g/mol. The van der Waals surface area contributed by atoms with Crippen LogP contribution in [0.1, 0.15) is 29.0 Å². The monoisotopic (exact) mass is 322 g/mol. The minimum Gasteiger partial charge on any atom is -0.359 e.